The van der Waals surface area contributed by atoms with Crippen LogP contribution in [0.1, 0.15) is 11.4 Å². The third-order valence-corrected chi connectivity index (χ3v) is 3.09. The molecule has 0 bridgehead atoms. The van der Waals surface area contributed by atoms with Crippen molar-refractivity contribution >= 4 is 11.0 Å². The fourth-order valence-corrected chi connectivity index (χ4v) is 2.05. The lowest BCUT2D eigenvalue weighted by Crippen LogP contribution is -1.97. The molecular weight excluding hydrogens is 212 g/mol. The van der Waals surface area contributed by atoms with Gasteiger partial charge in [0.25, 0.3) is 0 Å². The zero-order valence-corrected chi connectivity index (χ0v) is 9.96. The van der Waals surface area contributed by atoms with E-state index in [2.05, 4.69) is 37.3 Å². The van der Waals surface area contributed by atoms with Crippen LogP contribution in [0, 0.1) is 6.92 Å². The Morgan fingerprint density at radius 3 is 2.94 bits per heavy atom. The molecule has 4 heteroatoms. The van der Waals surface area contributed by atoms with Gasteiger partial charge in [-0.15, -0.1) is 0 Å². The first kappa shape index (κ1) is 10.1. The molecule has 0 amide bonds. The predicted molar refractivity (Wildman–Crippen MR) is 66.8 cm³/mol. The third-order valence-electron chi connectivity index (χ3n) is 3.09. The highest BCUT2D eigenvalue weighted by Gasteiger charge is 2.04. The van der Waals surface area contributed by atoms with Gasteiger partial charge in [-0.05, 0) is 24.6 Å². The van der Waals surface area contributed by atoms with Gasteiger partial charge >= 0.3 is 0 Å². The number of aryl methyl sites for hydroxylation is 2. The van der Waals surface area contributed by atoms with Crippen LogP contribution in [0.2, 0.25) is 0 Å². The van der Waals surface area contributed by atoms with Crippen LogP contribution in [0.3, 0.4) is 0 Å². The molecule has 86 valence electrons. The molecule has 3 rings (SSSR count). The Hall–Kier alpha value is -2.10. The van der Waals surface area contributed by atoms with Gasteiger partial charge in [-0.1, -0.05) is 6.07 Å². The van der Waals surface area contributed by atoms with E-state index in [4.69, 9.17) is 0 Å². The van der Waals surface area contributed by atoms with E-state index in [1.807, 2.05) is 26.5 Å². The Labute approximate surface area is 99.5 Å². The number of hydrogen-bond acceptors (Lipinski definition) is 2. The molecule has 0 N–H and O–H groups in total. The van der Waals surface area contributed by atoms with Crippen LogP contribution in [0.4, 0.5) is 0 Å². The molecule has 17 heavy (non-hydrogen) atoms. The minimum absolute atomic E-state index is 0.847. The summed E-state index contributed by atoms with van der Waals surface area (Å²) in [4.78, 5) is 8.54. The van der Waals surface area contributed by atoms with Crippen molar-refractivity contribution in [3.8, 4) is 0 Å². The number of rotatable bonds is 2. The maximum atomic E-state index is 4.49. The molecule has 0 spiro atoms. The third kappa shape index (κ3) is 1.71. The van der Waals surface area contributed by atoms with Crippen LogP contribution in [0.25, 0.3) is 11.0 Å². The summed E-state index contributed by atoms with van der Waals surface area (Å²) in [7, 11) is 2.05. The van der Waals surface area contributed by atoms with E-state index in [9.17, 15) is 0 Å². The van der Waals surface area contributed by atoms with Gasteiger partial charge in [-0.25, -0.2) is 9.97 Å². The van der Waals surface area contributed by atoms with Gasteiger partial charge in [0.05, 0.1) is 17.4 Å². The van der Waals surface area contributed by atoms with Crippen LogP contribution in [-0.2, 0) is 13.6 Å². The van der Waals surface area contributed by atoms with Crippen LogP contribution in [-0.4, -0.2) is 19.1 Å². The fourth-order valence-electron chi connectivity index (χ4n) is 2.05. The first-order chi connectivity index (χ1) is 8.24. The van der Waals surface area contributed by atoms with Crippen molar-refractivity contribution in [2.24, 2.45) is 7.05 Å². The van der Waals surface area contributed by atoms with Crippen LogP contribution in [0.5, 0.6) is 0 Å². The normalized spacial score (nSPS) is 11.2. The van der Waals surface area contributed by atoms with Crippen LogP contribution < -0.4 is 0 Å². The maximum Gasteiger partial charge on any atom is 0.106 e. The molecule has 1 aromatic carbocycles. The van der Waals surface area contributed by atoms with Crippen LogP contribution in [0.15, 0.2) is 36.9 Å². The van der Waals surface area contributed by atoms with Crippen molar-refractivity contribution in [2.75, 3.05) is 0 Å². The molecule has 0 fully saturated rings. The Balaban J connectivity index is 2.04. The van der Waals surface area contributed by atoms with Gasteiger partial charge in [0, 0.05) is 26.0 Å². The van der Waals surface area contributed by atoms with Crippen molar-refractivity contribution in [3.05, 3.63) is 48.3 Å². The topological polar surface area (TPSA) is 35.6 Å². The van der Waals surface area contributed by atoms with Crippen molar-refractivity contribution in [1.82, 2.24) is 19.1 Å². The highest BCUT2D eigenvalue weighted by Crippen LogP contribution is 2.17. The summed E-state index contributed by atoms with van der Waals surface area (Å²) < 4.78 is 4.18. The highest BCUT2D eigenvalue weighted by molar-refractivity contribution is 5.76. The summed E-state index contributed by atoms with van der Waals surface area (Å²) in [6.07, 6.45) is 5.60. The fraction of sp³-hybridized carbons (Fsp3) is 0.231. The van der Waals surface area contributed by atoms with Crippen molar-refractivity contribution < 1.29 is 0 Å². The average Bonchev–Trinajstić information content (AvgIpc) is 2.91. The van der Waals surface area contributed by atoms with Gasteiger partial charge in [0.2, 0.25) is 0 Å². The predicted octanol–water partition coefficient (Wildman–Crippen LogP) is 2.13. The summed E-state index contributed by atoms with van der Waals surface area (Å²) in [6, 6.07) is 6.39. The molecule has 3 aromatic rings. The Morgan fingerprint density at radius 1 is 1.29 bits per heavy atom. The van der Waals surface area contributed by atoms with Crippen molar-refractivity contribution in [2.45, 2.75) is 13.5 Å². The molecule has 0 saturated heterocycles. The summed E-state index contributed by atoms with van der Waals surface area (Å²) in [6.45, 7) is 2.87. The molecular formula is C13H14N4. The van der Waals surface area contributed by atoms with E-state index in [1.54, 1.807) is 6.20 Å². The quantitative estimate of drug-likeness (QED) is 0.671. The first-order valence-electron chi connectivity index (χ1n) is 5.62. The second-order valence-corrected chi connectivity index (χ2v) is 4.28. The number of aromatic nitrogens is 4. The first-order valence-corrected chi connectivity index (χ1v) is 5.62. The number of imidazole rings is 2. The Morgan fingerprint density at radius 2 is 2.18 bits per heavy atom. The van der Waals surface area contributed by atoms with E-state index in [0.29, 0.717) is 0 Å². The Bertz CT molecular complexity index is 649. The summed E-state index contributed by atoms with van der Waals surface area (Å²) >= 11 is 0. The molecule has 0 atom stereocenters. The number of nitrogens with zero attached hydrogens (tertiary/aromatic N) is 4. The van der Waals surface area contributed by atoms with Gasteiger partial charge in [0.1, 0.15) is 5.82 Å². The summed E-state index contributed by atoms with van der Waals surface area (Å²) in [5, 5.41) is 0. The summed E-state index contributed by atoms with van der Waals surface area (Å²) in [5.74, 6) is 1.04. The van der Waals surface area contributed by atoms with E-state index in [0.717, 1.165) is 17.9 Å². The Kier molecular flexibility index (Phi) is 2.21. The maximum absolute atomic E-state index is 4.49. The lowest BCUT2D eigenvalue weighted by Gasteiger charge is -2.03. The van der Waals surface area contributed by atoms with Gasteiger partial charge in [-0.2, -0.15) is 0 Å². The lowest BCUT2D eigenvalue weighted by atomic mass is 10.2. The zero-order valence-electron chi connectivity index (χ0n) is 9.96. The minimum atomic E-state index is 0.847. The van der Waals surface area contributed by atoms with Gasteiger partial charge in [0.15, 0.2) is 0 Å². The monoisotopic (exact) mass is 226 g/mol. The van der Waals surface area contributed by atoms with E-state index in [1.165, 1.54) is 11.1 Å². The summed E-state index contributed by atoms with van der Waals surface area (Å²) in [5.41, 5.74) is 3.50. The van der Waals surface area contributed by atoms with Gasteiger partial charge < -0.3 is 9.13 Å². The smallest absolute Gasteiger partial charge is 0.106 e. The largest absolute Gasteiger partial charge is 0.333 e. The molecule has 0 unspecified atom stereocenters. The number of fused-ring (bicyclic) bond motifs is 1. The molecule has 0 saturated carbocycles. The second kappa shape index (κ2) is 3.73. The molecule has 0 radical (unpaired) electrons. The van der Waals surface area contributed by atoms with E-state index in [-0.39, 0.29) is 0 Å². The molecule has 2 heterocycles. The molecule has 0 aliphatic heterocycles. The highest BCUT2D eigenvalue weighted by atomic mass is 15.1. The average molecular weight is 226 g/mol. The van der Waals surface area contributed by atoms with E-state index >= 15 is 0 Å². The zero-order chi connectivity index (χ0) is 11.8. The van der Waals surface area contributed by atoms with Crippen LogP contribution >= 0.6 is 0 Å². The lowest BCUT2D eigenvalue weighted by molar-refractivity contribution is 0.797. The molecule has 0 aliphatic carbocycles. The molecule has 4 nitrogen and oxygen atoms in total. The second-order valence-electron chi connectivity index (χ2n) is 4.28. The molecule has 2 aromatic heterocycles. The van der Waals surface area contributed by atoms with Crippen molar-refractivity contribution in [3.63, 3.8) is 0 Å². The minimum Gasteiger partial charge on any atom is -0.333 e. The number of benzene rings is 1. The SMILES string of the molecule is Cc1nc2ccc(Cn3ccnc3)cc2n1C. The standard InChI is InChI=1S/C13H14N4/c1-10-15-12-4-3-11(7-13(12)16(10)2)8-17-6-5-14-9-17/h3-7,9H,8H2,1-2H3. The number of hydrogen-bond donors (Lipinski definition) is 0. The van der Waals surface area contributed by atoms with Crippen molar-refractivity contribution in [1.29, 1.82) is 0 Å². The van der Waals surface area contributed by atoms with E-state index < -0.39 is 0 Å². The molecule has 0 aliphatic rings. The van der Waals surface area contributed by atoms with Gasteiger partial charge in [-0.3, -0.25) is 0 Å².